The number of likely N-dealkylation sites (tertiary alicyclic amines) is 1. The van der Waals surface area contributed by atoms with Gasteiger partial charge in [-0.15, -0.1) is 0 Å². The summed E-state index contributed by atoms with van der Waals surface area (Å²) in [6.45, 7) is 7.72. The minimum atomic E-state index is 0.0335. The van der Waals surface area contributed by atoms with Crippen LogP contribution in [-0.4, -0.2) is 48.6 Å². The van der Waals surface area contributed by atoms with Gasteiger partial charge in [-0.2, -0.15) is 0 Å². The Labute approximate surface area is 122 Å². The highest BCUT2D eigenvalue weighted by Crippen LogP contribution is 2.35. The van der Waals surface area contributed by atoms with Crippen molar-refractivity contribution < 1.29 is 4.79 Å². The molecule has 0 spiro atoms. The molecule has 3 fully saturated rings. The summed E-state index contributed by atoms with van der Waals surface area (Å²) in [7, 11) is 0. The van der Waals surface area contributed by atoms with Crippen molar-refractivity contribution in [2.75, 3.05) is 19.6 Å². The lowest BCUT2D eigenvalue weighted by Crippen LogP contribution is -2.50. The van der Waals surface area contributed by atoms with E-state index in [4.69, 9.17) is 0 Å². The van der Waals surface area contributed by atoms with Gasteiger partial charge in [-0.1, -0.05) is 19.8 Å². The molecule has 1 saturated carbocycles. The molecule has 0 radical (unpaired) electrons. The monoisotopic (exact) mass is 279 g/mol. The van der Waals surface area contributed by atoms with E-state index in [0.29, 0.717) is 12.1 Å². The summed E-state index contributed by atoms with van der Waals surface area (Å²) in [5.74, 6) is 1.76. The van der Waals surface area contributed by atoms with Gasteiger partial charge in [-0.05, 0) is 51.1 Å². The Morgan fingerprint density at radius 1 is 1.35 bits per heavy atom. The second kappa shape index (κ2) is 6.02. The maximum Gasteiger partial charge on any atom is 0.237 e. The Balaban J connectivity index is 1.60. The molecular formula is C16H29N3O. The molecule has 20 heavy (non-hydrogen) atoms. The molecule has 1 amide bonds. The van der Waals surface area contributed by atoms with Crippen LogP contribution in [0.4, 0.5) is 0 Å². The van der Waals surface area contributed by atoms with Gasteiger partial charge in [0.2, 0.25) is 5.91 Å². The van der Waals surface area contributed by atoms with E-state index in [-0.39, 0.29) is 11.9 Å². The van der Waals surface area contributed by atoms with Crippen molar-refractivity contribution in [3.63, 3.8) is 0 Å². The fraction of sp³-hybridized carbons (Fsp3) is 0.938. The van der Waals surface area contributed by atoms with Crippen molar-refractivity contribution in [1.82, 2.24) is 15.5 Å². The van der Waals surface area contributed by atoms with E-state index < -0.39 is 0 Å². The Bertz CT molecular complexity index is 354. The minimum absolute atomic E-state index is 0.0335. The highest BCUT2D eigenvalue weighted by Gasteiger charge is 2.45. The normalized spacial score (nSPS) is 36.2. The molecule has 0 bridgehead atoms. The van der Waals surface area contributed by atoms with E-state index in [1.807, 2.05) is 0 Å². The zero-order chi connectivity index (χ0) is 14.1. The lowest BCUT2D eigenvalue weighted by molar-refractivity contribution is -0.127. The third-order valence-corrected chi connectivity index (χ3v) is 5.75. The smallest absolute Gasteiger partial charge is 0.237 e. The van der Waals surface area contributed by atoms with Crippen LogP contribution < -0.4 is 10.6 Å². The fourth-order valence-electron chi connectivity index (χ4n) is 4.58. The molecule has 3 rings (SSSR count). The van der Waals surface area contributed by atoms with Gasteiger partial charge in [-0.25, -0.2) is 0 Å². The zero-order valence-corrected chi connectivity index (χ0v) is 12.9. The number of hydrogen-bond donors (Lipinski definition) is 2. The van der Waals surface area contributed by atoms with Crippen LogP contribution in [-0.2, 0) is 4.79 Å². The van der Waals surface area contributed by atoms with Crippen molar-refractivity contribution in [3.05, 3.63) is 0 Å². The summed E-state index contributed by atoms with van der Waals surface area (Å²) < 4.78 is 0. The number of carbonyl (C=O) groups is 1. The topological polar surface area (TPSA) is 44.4 Å². The van der Waals surface area contributed by atoms with Crippen LogP contribution in [0.25, 0.3) is 0 Å². The van der Waals surface area contributed by atoms with Gasteiger partial charge >= 0.3 is 0 Å². The predicted octanol–water partition coefficient (Wildman–Crippen LogP) is 1.36. The van der Waals surface area contributed by atoms with Gasteiger partial charge in [-0.3, -0.25) is 9.69 Å². The number of nitrogens with zero attached hydrogens (tertiary/aromatic N) is 1. The molecule has 4 nitrogen and oxygen atoms in total. The maximum atomic E-state index is 12.5. The van der Waals surface area contributed by atoms with E-state index in [0.717, 1.165) is 37.9 Å². The highest BCUT2D eigenvalue weighted by molar-refractivity contribution is 5.81. The van der Waals surface area contributed by atoms with E-state index in [1.165, 1.54) is 25.7 Å². The van der Waals surface area contributed by atoms with Crippen LogP contribution in [0.3, 0.4) is 0 Å². The van der Waals surface area contributed by atoms with Crippen LogP contribution in [0.1, 0.15) is 46.0 Å². The Morgan fingerprint density at radius 2 is 2.10 bits per heavy atom. The second-order valence-electron chi connectivity index (χ2n) is 6.92. The molecule has 0 aromatic heterocycles. The molecule has 4 heteroatoms. The van der Waals surface area contributed by atoms with Crippen molar-refractivity contribution in [1.29, 1.82) is 0 Å². The fourth-order valence-corrected chi connectivity index (χ4v) is 4.58. The molecule has 3 aliphatic rings. The molecule has 1 aliphatic carbocycles. The number of fused-ring (bicyclic) bond motifs is 1. The standard InChI is InChI=1S/C16H29N3O/c1-3-15-14-9-17-8-12(14)10-19(15)11(2)16(20)18-13-6-4-5-7-13/h11-15,17H,3-10H2,1-2H3,(H,18,20). The number of amides is 1. The third-order valence-electron chi connectivity index (χ3n) is 5.75. The van der Waals surface area contributed by atoms with Crippen molar-refractivity contribution in [2.45, 2.75) is 64.1 Å². The van der Waals surface area contributed by atoms with E-state index in [2.05, 4.69) is 29.4 Å². The molecule has 4 atom stereocenters. The summed E-state index contributed by atoms with van der Waals surface area (Å²) in [6, 6.07) is 1.05. The van der Waals surface area contributed by atoms with E-state index in [1.54, 1.807) is 0 Å². The molecule has 2 N–H and O–H groups in total. The van der Waals surface area contributed by atoms with Gasteiger partial charge in [0.1, 0.15) is 0 Å². The molecule has 0 aromatic carbocycles. The molecule has 114 valence electrons. The lowest BCUT2D eigenvalue weighted by atomic mass is 9.92. The second-order valence-corrected chi connectivity index (χ2v) is 6.92. The molecule has 4 unspecified atom stereocenters. The van der Waals surface area contributed by atoms with Crippen LogP contribution >= 0.6 is 0 Å². The first-order chi connectivity index (χ1) is 9.70. The number of rotatable bonds is 4. The first kappa shape index (κ1) is 14.3. The Hall–Kier alpha value is -0.610. The van der Waals surface area contributed by atoms with E-state index in [9.17, 15) is 4.79 Å². The quantitative estimate of drug-likeness (QED) is 0.817. The summed E-state index contributed by atoms with van der Waals surface area (Å²) in [4.78, 5) is 15.0. The summed E-state index contributed by atoms with van der Waals surface area (Å²) in [6.07, 6.45) is 6.05. The third kappa shape index (κ3) is 2.60. The van der Waals surface area contributed by atoms with Crippen LogP contribution in [0.5, 0.6) is 0 Å². The van der Waals surface area contributed by atoms with Crippen molar-refractivity contribution >= 4 is 5.91 Å². The summed E-state index contributed by atoms with van der Waals surface area (Å²) >= 11 is 0. The number of nitrogens with one attached hydrogen (secondary N) is 2. The average molecular weight is 279 g/mol. The maximum absolute atomic E-state index is 12.5. The highest BCUT2D eigenvalue weighted by atomic mass is 16.2. The van der Waals surface area contributed by atoms with Gasteiger partial charge in [0.15, 0.2) is 0 Å². The molecule has 2 aliphatic heterocycles. The van der Waals surface area contributed by atoms with Gasteiger partial charge in [0, 0.05) is 18.6 Å². The van der Waals surface area contributed by atoms with Crippen molar-refractivity contribution in [3.8, 4) is 0 Å². The summed E-state index contributed by atoms with van der Waals surface area (Å²) in [5, 5.41) is 6.78. The van der Waals surface area contributed by atoms with Crippen LogP contribution in [0.15, 0.2) is 0 Å². The van der Waals surface area contributed by atoms with Crippen molar-refractivity contribution in [2.24, 2.45) is 11.8 Å². The largest absolute Gasteiger partial charge is 0.352 e. The number of carbonyl (C=O) groups excluding carboxylic acids is 1. The molecule has 2 heterocycles. The van der Waals surface area contributed by atoms with Gasteiger partial charge < -0.3 is 10.6 Å². The zero-order valence-electron chi connectivity index (χ0n) is 12.9. The summed E-state index contributed by atoms with van der Waals surface area (Å²) in [5.41, 5.74) is 0. The first-order valence-electron chi connectivity index (χ1n) is 8.47. The Kier molecular flexibility index (Phi) is 4.32. The SMILES string of the molecule is CCC1C2CNCC2CN1C(C)C(=O)NC1CCCC1. The molecule has 0 aromatic rings. The predicted molar refractivity (Wildman–Crippen MR) is 80.5 cm³/mol. The minimum Gasteiger partial charge on any atom is -0.352 e. The van der Waals surface area contributed by atoms with Gasteiger partial charge in [0.25, 0.3) is 0 Å². The lowest BCUT2D eigenvalue weighted by Gasteiger charge is -2.32. The van der Waals surface area contributed by atoms with Crippen LogP contribution in [0.2, 0.25) is 0 Å². The van der Waals surface area contributed by atoms with Gasteiger partial charge in [0.05, 0.1) is 6.04 Å². The Morgan fingerprint density at radius 3 is 2.80 bits per heavy atom. The first-order valence-corrected chi connectivity index (χ1v) is 8.47. The average Bonchev–Trinajstić information content (AvgIpc) is 3.13. The molecule has 2 saturated heterocycles. The molecular weight excluding hydrogens is 250 g/mol. The number of hydrogen-bond acceptors (Lipinski definition) is 3. The van der Waals surface area contributed by atoms with Crippen LogP contribution in [0, 0.1) is 11.8 Å². The van der Waals surface area contributed by atoms with E-state index >= 15 is 0 Å².